The number of hydrogen-bond donors (Lipinski definition) is 0. The van der Waals surface area contributed by atoms with Crippen LogP contribution in [0.25, 0.3) is 39.0 Å². The minimum atomic E-state index is -1.67. The minimum absolute atomic E-state index is 1.12. The summed E-state index contributed by atoms with van der Waals surface area (Å²) < 4.78 is 3.39. The molecule has 6 rings (SSSR count). The molecule has 0 radical (unpaired) electrons. The van der Waals surface area contributed by atoms with E-state index in [0.29, 0.717) is 0 Å². The zero-order valence-corrected chi connectivity index (χ0v) is 34.2. The van der Waals surface area contributed by atoms with Crippen LogP contribution < -0.4 is 9.00 Å². The van der Waals surface area contributed by atoms with Crippen molar-refractivity contribution in [2.75, 3.05) is 0 Å². The van der Waals surface area contributed by atoms with Crippen LogP contribution in [0.4, 0.5) is 0 Å². The average Bonchev–Trinajstić information content (AvgIpc) is 3.84. The van der Waals surface area contributed by atoms with Crippen molar-refractivity contribution in [1.82, 2.24) is 0 Å². The van der Waals surface area contributed by atoms with E-state index in [0.717, 1.165) is 12.8 Å². The van der Waals surface area contributed by atoms with E-state index in [1.807, 2.05) is 45.3 Å². The smallest absolute Gasteiger partial charge is 0.0844 e. The Morgan fingerprint density at radius 2 is 0.651 bits per heavy atom. The lowest BCUT2D eigenvalue weighted by molar-refractivity contribution is 1.19. The Morgan fingerprint density at radius 1 is 0.372 bits per heavy atom. The molecule has 0 aromatic carbocycles. The van der Waals surface area contributed by atoms with Gasteiger partial charge in [-0.05, 0) is 82.5 Å². The third kappa shape index (κ3) is 5.83. The molecule has 0 spiro atoms. The third-order valence-electron chi connectivity index (χ3n) is 9.77. The molecule has 6 aromatic rings. The highest BCUT2D eigenvalue weighted by Gasteiger charge is 2.55. The zero-order valence-electron chi connectivity index (χ0n) is 26.3. The van der Waals surface area contributed by atoms with E-state index in [2.05, 4.69) is 149 Å². The fourth-order valence-corrected chi connectivity index (χ4v) is 50.4. The lowest BCUT2D eigenvalue weighted by Gasteiger charge is -2.47. The van der Waals surface area contributed by atoms with Crippen LogP contribution in [0.15, 0.2) is 72.8 Å². The predicted octanol–water partition coefficient (Wildman–Crippen LogP) is 12.2. The normalized spacial score (nSPS) is 12.8. The molecule has 0 amide bonds. The van der Waals surface area contributed by atoms with Gasteiger partial charge in [0.15, 0.2) is 0 Å². The van der Waals surface area contributed by atoms with E-state index in [4.69, 9.17) is 0 Å². The van der Waals surface area contributed by atoms with Gasteiger partial charge in [-0.2, -0.15) is 0 Å². The molecule has 0 nitrogen and oxygen atoms in total. The summed E-state index contributed by atoms with van der Waals surface area (Å²) in [5.74, 6) is 0. The Labute approximate surface area is 284 Å². The van der Waals surface area contributed by atoms with Crippen molar-refractivity contribution in [2.24, 2.45) is 0 Å². The molecule has 6 heterocycles. The van der Waals surface area contributed by atoms with Crippen LogP contribution in [-0.4, -0.2) is 22.3 Å². The third-order valence-corrected chi connectivity index (χ3v) is 62.4. The highest BCUT2D eigenvalue weighted by Crippen LogP contribution is 2.42. The van der Waals surface area contributed by atoms with Gasteiger partial charge in [-0.3, -0.25) is 0 Å². The SMILES string of the molecule is CCc1ccc(-c2ccc(-c3ccc([Si](C)(C)[Si](C)(C)[Si](C)(C)c4ccc(-c5ccc(-c6ccc(CC)s6)s5)s4)s3)s2)s1. The first kappa shape index (κ1) is 31.8. The summed E-state index contributed by atoms with van der Waals surface area (Å²) in [6.07, 6.45) is 2.24. The molecule has 43 heavy (non-hydrogen) atoms. The summed E-state index contributed by atoms with van der Waals surface area (Å²) in [5, 5.41) is 0. The fourth-order valence-electron chi connectivity index (χ4n) is 5.62. The van der Waals surface area contributed by atoms with Gasteiger partial charge in [-0.1, -0.05) is 65.3 Å². The van der Waals surface area contributed by atoms with E-state index in [-0.39, 0.29) is 0 Å². The molecule has 0 fully saturated rings. The van der Waals surface area contributed by atoms with Gasteiger partial charge in [0.25, 0.3) is 0 Å². The van der Waals surface area contributed by atoms with Crippen LogP contribution >= 0.6 is 68.0 Å². The van der Waals surface area contributed by atoms with Crippen LogP contribution in [0.2, 0.25) is 39.3 Å². The molecule has 0 saturated carbocycles. The van der Waals surface area contributed by atoms with E-state index in [1.165, 1.54) is 48.8 Å². The van der Waals surface area contributed by atoms with Crippen molar-refractivity contribution >= 4 is 99.3 Å². The van der Waals surface area contributed by atoms with Gasteiger partial charge in [0.1, 0.15) is 0 Å². The maximum atomic E-state index is 2.74. The predicted molar refractivity (Wildman–Crippen MR) is 212 cm³/mol. The van der Waals surface area contributed by atoms with Crippen LogP contribution in [0.1, 0.15) is 23.6 Å². The number of aryl methyl sites for hydroxylation is 2. The minimum Gasteiger partial charge on any atom is -0.144 e. The van der Waals surface area contributed by atoms with Gasteiger partial charge in [0.05, 0.1) is 15.2 Å². The maximum Gasteiger partial charge on any atom is 0.0844 e. The van der Waals surface area contributed by atoms with Gasteiger partial charge in [-0.15, -0.1) is 68.0 Å². The second-order valence-corrected chi connectivity index (χ2v) is 47.5. The highest BCUT2D eigenvalue weighted by molar-refractivity contribution is 7.76. The molecule has 0 atom stereocenters. The molecule has 0 N–H and O–H groups in total. The fraction of sp³-hybridized carbons (Fsp3) is 0.294. The summed E-state index contributed by atoms with van der Waals surface area (Å²) in [6, 6.07) is 28.4. The standard InChI is InChI=1S/C34H40S6Si3/c1-9-23-11-13-25(35-23)27-15-17-29(37-27)31-19-21-33(39-31)41(3,4)43(7,8)42(5,6)34-22-20-32(40-34)30-18-16-28(38-30)26-14-12-24(10-2)36-26/h11-22H,9-10H2,1-8H3. The molecule has 0 aliphatic heterocycles. The molecule has 224 valence electrons. The summed E-state index contributed by atoms with van der Waals surface area (Å²) in [6.45, 7) is 20.7. The summed E-state index contributed by atoms with van der Waals surface area (Å²) in [7, 11) is -4.95. The quantitative estimate of drug-likeness (QED) is 0.123. The Morgan fingerprint density at radius 3 is 0.977 bits per heavy atom. The lowest BCUT2D eigenvalue weighted by Crippen LogP contribution is -2.77. The lowest BCUT2D eigenvalue weighted by atomic mass is 10.3. The van der Waals surface area contributed by atoms with Gasteiger partial charge >= 0.3 is 0 Å². The number of thiophene rings is 6. The maximum absolute atomic E-state index is 2.74. The molecule has 0 unspecified atom stereocenters. The Bertz CT molecular complexity index is 1720. The molecule has 0 saturated heterocycles. The molecule has 0 bridgehead atoms. The summed E-state index contributed by atoms with van der Waals surface area (Å²) >= 11 is 12.0. The van der Waals surface area contributed by atoms with Crippen molar-refractivity contribution in [3.05, 3.63) is 82.6 Å². The van der Waals surface area contributed by atoms with Crippen molar-refractivity contribution < 1.29 is 0 Å². The first-order chi connectivity index (χ1) is 20.4. The summed E-state index contributed by atoms with van der Waals surface area (Å²) in [5.41, 5.74) is 0. The molecular weight excluding hydrogens is 685 g/mol. The monoisotopic (exact) mass is 724 g/mol. The second kappa shape index (κ2) is 12.2. The summed E-state index contributed by atoms with van der Waals surface area (Å²) in [4.78, 5) is 14.3. The van der Waals surface area contributed by atoms with E-state index >= 15 is 0 Å². The van der Waals surface area contributed by atoms with Gasteiger partial charge in [-0.25, -0.2) is 0 Å². The largest absolute Gasteiger partial charge is 0.144 e. The molecule has 0 aliphatic carbocycles. The Balaban J connectivity index is 1.23. The van der Waals surface area contributed by atoms with Gasteiger partial charge in [0, 0.05) is 55.9 Å². The van der Waals surface area contributed by atoms with Gasteiger partial charge < -0.3 is 0 Å². The topological polar surface area (TPSA) is 0 Å². The van der Waals surface area contributed by atoms with Crippen molar-refractivity contribution in [3.63, 3.8) is 0 Å². The highest BCUT2D eigenvalue weighted by atomic mass is 32.1. The van der Waals surface area contributed by atoms with Crippen LogP contribution in [-0.2, 0) is 12.8 Å². The molecule has 6 aromatic heterocycles. The first-order valence-corrected chi connectivity index (χ1v) is 30.9. The van der Waals surface area contributed by atoms with E-state index < -0.39 is 22.3 Å². The molecule has 9 heteroatoms. The average molecular weight is 725 g/mol. The van der Waals surface area contributed by atoms with Crippen molar-refractivity contribution in [3.8, 4) is 39.0 Å². The Kier molecular flexibility index (Phi) is 9.04. The Hall–Kier alpha value is -1.15. The molecular formula is C34H40S6Si3. The van der Waals surface area contributed by atoms with E-state index in [9.17, 15) is 0 Å². The zero-order chi connectivity index (χ0) is 30.6. The van der Waals surface area contributed by atoms with Crippen LogP contribution in [0.3, 0.4) is 0 Å². The van der Waals surface area contributed by atoms with Gasteiger partial charge in [0.2, 0.25) is 0 Å². The number of rotatable bonds is 10. The van der Waals surface area contributed by atoms with Crippen LogP contribution in [0, 0.1) is 0 Å². The first-order valence-electron chi connectivity index (χ1n) is 15.0. The number of hydrogen-bond acceptors (Lipinski definition) is 6. The van der Waals surface area contributed by atoms with Crippen molar-refractivity contribution in [2.45, 2.75) is 66.0 Å². The van der Waals surface area contributed by atoms with Crippen LogP contribution in [0.5, 0.6) is 0 Å². The van der Waals surface area contributed by atoms with E-state index in [1.54, 1.807) is 9.00 Å². The molecule has 0 aliphatic rings. The van der Waals surface area contributed by atoms with Crippen molar-refractivity contribution in [1.29, 1.82) is 0 Å². The second-order valence-electron chi connectivity index (χ2n) is 12.8.